The number of hydrogen-bond donors (Lipinski definition) is 3. The first-order chi connectivity index (χ1) is 20.7. The van der Waals surface area contributed by atoms with Gasteiger partial charge >= 0.3 is 0 Å². The van der Waals surface area contributed by atoms with Crippen LogP contribution in [0, 0.1) is 22.7 Å². The predicted molar refractivity (Wildman–Crippen MR) is 167 cm³/mol. The van der Waals surface area contributed by atoms with Crippen molar-refractivity contribution < 1.29 is 24.9 Å². The van der Waals surface area contributed by atoms with Crippen molar-refractivity contribution in [3.63, 3.8) is 0 Å². The molecule has 5 heteroatoms. The number of allylic oxidation sites excluding steroid dienone is 1. The van der Waals surface area contributed by atoms with Gasteiger partial charge in [-0.2, -0.15) is 0 Å². The van der Waals surface area contributed by atoms with Gasteiger partial charge in [0, 0.05) is 37.4 Å². The maximum absolute atomic E-state index is 14.8. The van der Waals surface area contributed by atoms with Crippen LogP contribution in [-0.4, -0.2) is 46.7 Å². The summed E-state index contributed by atoms with van der Waals surface area (Å²) in [6, 6.07) is 17.3. The monoisotopic (exact) mass is 574 g/mol. The minimum Gasteiger partial charge on any atom is -0.396 e. The van der Waals surface area contributed by atoms with Crippen LogP contribution in [0.2, 0.25) is 0 Å². The standard InChI is InChI=1S/C38H38O5/c1-22-35-30(21-39)20-37(38(35,42)43-2)34(41)11-8-23-5-3-6-24(13-23)14-32-31-18-28-17-29-19-36(22,37)12-4-7-25(29)15-27(28)16-26(31)9-10-33(32)40/h3-7,9-10,13,15-18,30,32-33,35,39-40,42H,1,8,11-12,14,19-21H2,2H3/t30-,32-,33+,35-,36-,37+,38-/m1/s1. The molecule has 5 nitrogen and oxygen atoms in total. The molecule has 0 heterocycles. The number of aliphatic hydroxyl groups is 3. The van der Waals surface area contributed by atoms with Crippen molar-refractivity contribution in [2.24, 2.45) is 22.7 Å². The number of benzene rings is 3. The van der Waals surface area contributed by atoms with E-state index in [9.17, 15) is 20.1 Å². The fourth-order valence-electron chi connectivity index (χ4n) is 9.89. The lowest BCUT2D eigenvalue weighted by Gasteiger charge is -2.50. The van der Waals surface area contributed by atoms with Gasteiger partial charge in [-0.05, 0) is 94.3 Å². The van der Waals surface area contributed by atoms with Gasteiger partial charge in [-0.1, -0.05) is 72.9 Å². The van der Waals surface area contributed by atoms with Gasteiger partial charge in [0.05, 0.1) is 11.5 Å². The Morgan fingerprint density at radius 3 is 2.63 bits per heavy atom. The quantitative estimate of drug-likeness (QED) is 0.277. The van der Waals surface area contributed by atoms with E-state index in [0.29, 0.717) is 32.1 Å². The Labute approximate surface area is 252 Å². The minimum absolute atomic E-state index is 0.0219. The Kier molecular flexibility index (Phi) is 5.90. The Morgan fingerprint density at radius 2 is 1.81 bits per heavy atom. The molecule has 0 amide bonds. The van der Waals surface area contributed by atoms with Crippen LogP contribution in [0.5, 0.6) is 0 Å². The molecule has 43 heavy (non-hydrogen) atoms. The largest absolute Gasteiger partial charge is 0.396 e. The van der Waals surface area contributed by atoms with E-state index in [4.69, 9.17) is 4.74 Å². The molecule has 0 aromatic heterocycles. The molecule has 2 spiro atoms. The first kappa shape index (κ1) is 27.2. The molecule has 5 aliphatic carbocycles. The third-order valence-electron chi connectivity index (χ3n) is 11.8. The van der Waals surface area contributed by atoms with E-state index >= 15 is 0 Å². The number of aryl methyl sites for hydroxylation is 1. The summed E-state index contributed by atoms with van der Waals surface area (Å²) < 4.78 is 6.00. The first-order valence-corrected chi connectivity index (χ1v) is 15.6. The van der Waals surface area contributed by atoms with Crippen LogP contribution in [0.4, 0.5) is 0 Å². The number of hydrogen-bond acceptors (Lipinski definition) is 5. The van der Waals surface area contributed by atoms with E-state index in [1.807, 2.05) is 18.2 Å². The molecule has 2 fully saturated rings. The fourth-order valence-corrected chi connectivity index (χ4v) is 9.89. The van der Waals surface area contributed by atoms with Gasteiger partial charge in [-0.25, -0.2) is 0 Å². The molecule has 5 aliphatic rings. The molecule has 7 atom stereocenters. The van der Waals surface area contributed by atoms with Crippen LogP contribution in [0.25, 0.3) is 22.9 Å². The van der Waals surface area contributed by atoms with Crippen LogP contribution in [-0.2, 0) is 28.8 Å². The average molecular weight is 575 g/mol. The number of methoxy groups -OCH3 is 1. The summed E-state index contributed by atoms with van der Waals surface area (Å²) in [5, 5.41) is 36.3. The van der Waals surface area contributed by atoms with Crippen molar-refractivity contribution in [2.45, 2.75) is 56.3 Å². The van der Waals surface area contributed by atoms with Gasteiger partial charge < -0.3 is 20.1 Å². The Bertz CT molecular complexity index is 1770. The van der Waals surface area contributed by atoms with E-state index in [0.717, 1.165) is 49.7 Å². The normalized spacial score (nSPS) is 35.7. The average Bonchev–Trinajstić information content (AvgIpc) is 3.24. The maximum Gasteiger partial charge on any atom is 0.185 e. The number of fused-ring (bicyclic) bond motifs is 3. The van der Waals surface area contributed by atoms with Crippen LogP contribution in [0.3, 0.4) is 0 Å². The topological polar surface area (TPSA) is 87.0 Å². The SMILES string of the molecule is C=C1[C@@H]2[C@@H](CO)C[C@@]3(C(=O)CCc4cccc(c4)C[C@@H]4c5cc6cc7c(cc6cc5C=C[C@@H]4O)C=CC[C@@]13C7)[C@]2(O)OC. The minimum atomic E-state index is -1.74. The van der Waals surface area contributed by atoms with Crippen LogP contribution < -0.4 is 0 Å². The highest BCUT2D eigenvalue weighted by atomic mass is 16.6. The van der Waals surface area contributed by atoms with Crippen molar-refractivity contribution in [2.75, 3.05) is 13.7 Å². The van der Waals surface area contributed by atoms with Crippen LogP contribution >= 0.6 is 0 Å². The van der Waals surface area contributed by atoms with Gasteiger partial charge in [0.25, 0.3) is 0 Å². The van der Waals surface area contributed by atoms with Crippen molar-refractivity contribution in [1.29, 1.82) is 0 Å². The number of carbonyl (C=O) groups is 1. The maximum atomic E-state index is 14.8. The third kappa shape index (κ3) is 3.45. The van der Waals surface area contributed by atoms with Gasteiger partial charge in [0.1, 0.15) is 5.78 Å². The number of aliphatic hydroxyl groups excluding tert-OH is 2. The lowest BCUT2D eigenvalue weighted by molar-refractivity contribution is -0.256. The summed E-state index contributed by atoms with van der Waals surface area (Å²) in [5.74, 6) is -2.67. The van der Waals surface area contributed by atoms with E-state index in [1.54, 1.807) is 0 Å². The molecule has 3 N–H and O–H groups in total. The van der Waals surface area contributed by atoms with Crippen molar-refractivity contribution >= 4 is 28.7 Å². The van der Waals surface area contributed by atoms with E-state index in [-0.39, 0.29) is 30.6 Å². The summed E-state index contributed by atoms with van der Waals surface area (Å²) in [7, 11) is 1.49. The molecule has 8 rings (SSSR count). The molecule has 2 saturated carbocycles. The summed E-state index contributed by atoms with van der Waals surface area (Å²) in [5.41, 5.74) is 5.50. The number of rotatable bonds is 2. The second-order valence-electron chi connectivity index (χ2n) is 13.6. The van der Waals surface area contributed by atoms with Gasteiger partial charge in [-0.3, -0.25) is 4.79 Å². The van der Waals surface area contributed by atoms with E-state index in [2.05, 4.69) is 61.2 Å². The Morgan fingerprint density at radius 1 is 1.02 bits per heavy atom. The first-order valence-electron chi connectivity index (χ1n) is 15.6. The zero-order chi connectivity index (χ0) is 29.7. The van der Waals surface area contributed by atoms with Crippen LogP contribution in [0.15, 0.2) is 72.8 Å². The second-order valence-corrected chi connectivity index (χ2v) is 13.6. The molecule has 3 aromatic carbocycles. The molecular formula is C38H38O5. The third-order valence-corrected chi connectivity index (χ3v) is 11.8. The summed E-state index contributed by atoms with van der Waals surface area (Å²) in [6.07, 6.45) is 10.6. The van der Waals surface area contributed by atoms with Crippen molar-refractivity contribution in [3.8, 4) is 0 Å². The van der Waals surface area contributed by atoms with Gasteiger partial charge in [0.2, 0.25) is 0 Å². The lowest BCUT2D eigenvalue weighted by atomic mass is 9.53. The second kappa shape index (κ2) is 9.33. The molecule has 0 saturated heterocycles. The van der Waals surface area contributed by atoms with Crippen molar-refractivity contribution in [3.05, 3.63) is 106 Å². The Hall–Kier alpha value is -3.35. The number of carbonyl (C=O) groups excluding carboxylic acids is 1. The highest BCUT2D eigenvalue weighted by Gasteiger charge is 2.81. The highest BCUT2D eigenvalue weighted by Crippen LogP contribution is 2.76. The van der Waals surface area contributed by atoms with Gasteiger partial charge in [0.15, 0.2) is 5.79 Å². The summed E-state index contributed by atoms with van der Waals surface area (Å²) in [4.78, 5) is 14.8. The van der Waals surface area contributed by atoms with E-state index in [1.165, 1.54) is 7.11 Å². The van der Waals surface area contributed by atoms with Crippen molar-refractivity contribution in [1.82, 2.24) is 0 Å². The number of ether oxygens (including phenoxy) is 1. The Balaban J connectivity index is 1.39. The molecule has 0 unspecified atom stereocenters. The summed E-state index contributed by atoms with van der Waals surface area (Å²) >= 11 is 0. The molecule has 220 valence electrons. The van der Waals surface area contributed by atoms with E-state index < -0.39 is 28.6 Å². The molecule has 0 radical (unpaired) electrons. The molecular weight excluding hydrogens is 536 g/mol. The zero-order valence-electron chi connectivity index (χ0n) is 24.6. The molecule has 3 aromatic rings. The van der Waals surface area contributed by atoms with Gasteiger partial charge in [-0.15, -0.1) is 0 Å². The van der Waals surface area contributed by atoms with Crippen LogP contribution in [0.1, 0.15) is 58.6 Å². The zero-order valence-corrected chi connectivity index (χ0v) is 24.6. The predicted octanol–water partition coefficient (Wildman–Crippen LogP) is 5.53. The molecule has 0 aliphatic heterocycles. The smallest absolute Gasteiger partial charge is 0.185 e. The fraction of sp³-hybridized carbons (Fsp3) is 0.395. The highest BCUT2D eigenvalue weighted by molar-refractivity contribution is 5.92. The lowest BCUT2D eigenvalue weighted by Crippen LogP contribution is -2.57. The molecule has 8 bridgehead atoms. The summed E-state index contributed by atoms with van der Waals surface area (Å²) in [6.45, 7) is 4.46. The number of ketones is 1. The number of Topliss-reactive ketones (excluding diaryl/α,β-unsaturated/α-hetero) is 1.